The minimum atomic E-state index is -0.213. The maximum absolute atomic E-state index is 12.6. The number of hydrogen-bond donors (Lipinski definition) is 1. The first-order chi connectivity index (χ1) is 13.2. The lowest BCUT2D eigenvalue weighted by Crippen LogP contribution is -2.33. The summed E-state index contributed by atoms with van der Waals surface area (Å²) in [5, 5.41) is 0.528. The van der Waals surface area contributed by atoms with Crippen LogP contribution in [0.25, 0.3) is 17.0 Å². The number of benzene rings is 2. The van der Waals surface area contributed by atoms with Gasteiger partial charge in [-0.15, -0.1) is 0 Å². The lowest BCUT2D eigenvalue weighted by molar-refractivity contribution is -0.127. The Hall–Kier alpha value is -3.25. The van der Waals surface area contributed by atoms with E-state index < -0.39 is 0 Å². The topological polar surface area (TPSA) is 75.3 Å². The number of nitrogens with zero attached hydrogens (tertiary/aromatic N) is 2. The molecular formula is C21H21N3O3. The highest BCUT2D eigenvalue weighted by Gasteiger charge is 2.13. The van der Waals surface area contributed by atoms with Gasteiger partial charge >= 0.3 is 0 Å². The largest absolute Gasteiger partial charge is 0.383 e. The van der Waals surface area contributed by atoms with Crippen LogP contribution < -0.4 is 5.56 Å². The van der Waals surface area contributed by atoms with E-state index in [1.165, 1.54) is 6.08 Å². The second-order valence-corrected chi connectivity index (χ2v) is 6.03. The van der Waals surface area contributed by atoms with Crippen LogP contribution in [0.3, 0.4) is 0 Å². The number of para-hydroxylation sites is 1. The van der Waals surface area contributed by atoms with Gasteiger partial charge in [0.25, 0.3) is 5.56 Å². The second-order valence-electron chi connectivity index (χ2n) is 6.03. The summed E-state index contributed by atoms with van der Waals surface area (Å²) >= 11 is 0. The molecule has 0 unspecified atom stereocenters. The lowest BCUT2D eigenvalue weighted by atomic mass is 10.2. The molecule has 0 saturated heterocycles. The van der Waals surface area contributed by atoms with Crippen molar-refractivity contribution in [1.29, 1.82) is 0 Å². The fourth-order valence-corrected chi connectivity index (χ4v) is 2.70. The molecule has 138 valence electrons. The molecule has 0 bridgehead atoms. The van der Waals surface area contributed by atoms with Gasteiger partial charge in [0.1, 0.15) is 5.82 Å². The number of rotatable bonds is 7. The molecule has 6 nitrogen and oxygen atoms in total. The van der Waals surface area contributed by atoms with Gasteiger partial charge in [-0.25, -0.2) is 4.98 Å². The van der Waals surface area contributed by atoms with Crippen LogP contribution in [0.1, 0.15) is 11.4 Å². The number of aromatic amines is 1. The summed E-state index contributed by atoms with van der Waals surface area (Å²) in [4.78, 5) is 33.7. The molecule has 0 aliphatic carbocycles. The van der Waals surface area contributed by atoms with E-state index in [4.69, 9.17) is 4.74 Å². The summed E-state index contributed by atoms with van der Waals surface area (Å²) < 4.78 is 5.11. The number of H-pyrrole nitrogens is 1. The van der Waals surface area contributed by atoms with Crippen molar-refractivity contribution >= 4 is 22.9 Å². The van der Waals surface area contributed by atoms with E-state index in [9.17, 15) is 9.59 Å². The number of methoxy groups -OCH3 is 1. The fraction of sp³-hybridized carbons (Fsp3) is 0.190. The third-order valence-corrected chi connectivity index (χ3v) is 4.10. The van der Waals surface area contributed by atoms with Crippen molar-refractivity contribution in [1.82, 2.24) is 14.9 Å². The quantitative estimate of drug-likeness (QED) is 0.655. The molecule has 0 atom stereocenters. The number of aromatic nitrogens is 2. The van der Waals surface area contributed by atoms with Gasteiger partial charge in [0.2, 0.25) is 5.91 Å². The highest BCUT2D eigenvalue weighted by Crippen LogP contribution is 2.08. The monoisotopic (exact) mass is 363 g/mol. The van der Waals surface area contributed by atoms with Crippen molar-refractivity contribution < 1.29 is 9.53 Å². The van der Waals surface area contributed by atoms with Crippen LogP contribution in [0.5, 0.6) is 0 Å². The van der Waals surface area contributed by atoms with Gasteiger partial charge in [-0.2, -0.15) is 0 Å². The van der Waals surface area contributed by atoms with Crippen molar-refractivity contribution in [2.45, 2.75) is 6.54 Å². The predicted molar refractivity (Wildman–Crippen MR) is 105 cm³/mol. The smallest absolute Gasteiger partial charge is 0.258 e. The van der Waals surface area contributed by atoms with E-state index in [0.29, 0.717) is 29.9 Å². The molecular weight excluding hydrogens is 342 g/mol. The molecule has 2 aromatic carbocycles. The van der Waals surface area contributed by atoms with Crippen molar-refractivity contribution in [2.24, 2.45) is 0 Å². The first kappa shape index (κ1) is 18.5. The Morgan fingerprint density at radius 3 is 2.67 bits per heavy atom. The second kappa shape index (κ2) is 8.91. The average Bonchev–Trinajstić information content (AvgIpc) is 2.70. The van der Waals surface area contributed by atoms with Gasteiger partial charge in [-0.05, 0) is 23.8 Å². The number of nitrogens with one attached hydrogen (secondary N) is 1. The van der Waals surface area contributed by atoms with E-state index >= 15 is 0 Å². The Bertz CT molecular complexity index is 996. The number of carbonyl (C=O) groups is 1. The van der Waals surface area contributed by atoms with Gasteiger partial charge in [-0.1, -0.05) is 42.5 Å². The fourth-order valence-electron chi connectivity index (χ4n) is 2.70. The number of fused-ring (bicyclic) bond motifs is 1. The molecule has 1 N–H and O–H groups in total. The van der Waals surface area contributed by atoms with Gasteiger partial charge in [0.15, 0.2) is 0 Å². The summed E-state index contributed by atoms with van der Waals surface area (Å²) in [7, 11) is 1.58. The van der Waals surface area contributed by atoms with Crippen LogP contribution >= 0.6 is 0 Å². The number of ether oxygens (including phenoxy) is 1. The maximum atomic E-state index is 12.6. The van der Waals surface area contributed by atoms with Crippen LogP contribution in [0.4, 0.5) is 0 Å². The molecule has 0 spiro atoms. The van der Waals surface area contributed by atoms with Crippen molar-refractivity contribution in [3.8, 4) is 0 Å². The Kier molecular flexibility index (Phi) is 6.12. The molecule has 1 heterocycles. The molecule has 0 radical (unpaired) electrons. The SMILES string of the molecule is COCCN(Cc1nc2ccccc2c(=O)[nH]1)C(=O)/C=C/c1ccccc1. The zero-order valence-electron chi connectivity index (χ0n) is 15.1. The van der Waals surface area contributed by atoms with E-state index in [-0.39, 0.29) is 18.0 Å². The van der Waals surface area contributed by atoms with Crippen LogP contribution in [0, 0.1) is 0 Å². The number of hydrogen-bond acceptors (Lipinski definition) is 4. The van der Waals surface area contributed by atoms with Crippen molar-refractivity contribution in [3.63, 3.8) is 0 Å². The van der Waals surface area contributed by atoms with Crippen LogP contribution in [-0.4, -0.2) is 41.0 Å². The molecule has 0 aliphatic rings. The molecule has 3 aromatic rings. The average molecular weight is 363 g/mol. The standard InChI is InChI=1S/C21H21N3O3/c1-27-14-13-24(20(25)12-11-16-7-3-2-4-8-16)15-19-22-18-10-6-5-9-17(18)21(26)23-19/h2-12H,13-15H2,1H3,(H,22,23,26)/b12-11+. The molecule has 0 saturated carbocycles. The van der Waals surface area contributed by atoms with Gasteiger partial charge in [-0.3, -0.25) is 9.59 Å². The minimum Gasteiger partial charge on any atom is -0.383 e. The van der Waals surface area contributed by atoms with Crippen LogP contribution in [0.2, 0.25) is 0 Å². The van der Waals surface area contributed by atoms with E-state index in [0.717, 1.165) is 5.56 Å². The van der Waals surface area contributed by atoms with Crippen LogP contribution in [0.15, 0.2) is 65.5 Å². The third kappa shape index (κ3) is 4.89. The Balaban J connectivity index is 1.81. The highest BCUT2D eigenvalue weighted by atomic mass is 16.5. The summed E-state index contributed by atoms with van der Waals surface area (Å²) in [6.07, 6.45) is 3.28. The normalized spacial score (nSPS) is 11.1. The van der Waals surface area contributed by atoms with Crippen molar-refractivity contribution in [3.05, 3.63) is 82.4 Å². The van der Waals surface area contributed by atoms with E-state index in [1.54, 1.807) is 36.3 Å². The lowest BCUT2D eigenvalue weighted by Gasteiger charge is -2.20. The van der Waals surface area contributed by atoms with E-state index in [1.807, 2.05) is 36.4 Å². The summed E-state index contributed by atoms with van der Waals surface area (Å²) in [6.45, 7) is 0.981. The summed E-state index contributed by atoms with van der Waals surface area (Å²) in [5.74, 6) is 0.267. The maximum Gasteiger partial charge on any atom is 0.258 e. The molecule has 1 aromatic heterocycles. The highest BCUT2D eigenvalue weighted by molar-refractivity contribution is 5.91. The van der Waals surface area contributed by atoms with E-state index in [2.05, 4.69) is 9.97 Å². The number of amides is 1. The molecule has 0 fully saturated rings. The van der Waals surface area contributed by atoms with Gasteiger partial charge in [0, 0.05) is 19.7 Å². The number of carbonyl (C=O) groups excluding carboxylic acids is 1. The molecule has 0 aliphatic heterocycles. The molecule has 6 heteroatoms. The van der Waals surface area contributed by atoms with Gasteiger partial charge in [0.05, 0.1) is 24.1 Å². The Morgan fingerprint density at radius 2 is 1.89 bits per heavy atom. The zero-order chi connectivity index (χ0) is 19.1. The first-order valence-electron chi connectivity index (χ1n) is 8.66. The first-order valence-corrected chi connectivity index (χ1v) is 8.66. The molecule has 1 amide bonds. The van der Waals surface area contributed by atoms with Gasteiger partial charge < -0.3 is 14.6 Å². The molecule has 3 rings (SSSR count). The Morgan fingerprint density at radius 1 is 1.15 bits per heavy atom. The summed E-state index contributed by atoms with van der Waals surface area (Å²) in [6, 6.07) is 16.7. The van der Waals surface area contributed by atoms with Crippen LogP contribution in [-0.2, 0) is 16.1 Å². The minimum absolute atomic E-state index is 0.174. The molecule has 27 heavy (non-hydrogen) atoms. The van der Waals surface area contributed by atoms with Crippen molar-refractivity contribution in [2.75, 3.05) is 20.3 Å². The Labute approximate surface area is 157 Å². The zero-order valence-corrected chi connectivity index (χ0v) is 15.1. The predicted octanol–water partition coefficient (Wildman–Crippen LogP) is 2.61. The third-order valence-electron chi connectivity index (χ3n) is 4.10. The summed E-state index contributed by atoms with van der Waals surface area (Å²) in [5.41, 5.74) is 1.33.